The molecule has 0 aliphatic heterocycles. The Morgan fingerprint density at radius 1 is 1.35 bits per heavy atom. The molecule has 1 aromatic heterocycles. The van der Waals surface area contributed by atoms with Crippen LogP contribution in [0.2, 0.25) is 10.0 Å². The summed E-state index contributed by atoms with van der Waals surface area (Å²) in [6.07, 6.45) is 2.89. The van der Waals surface area contributed by atoms with Crippen molar-refractivity contribution in [1.29, 1.82) is 0 Å². The molecule has 0 fully saturated rings. The second-order valence-corrected chi connectivity index (χ2v) is 6.66. The molecule has 2 aromatic rings. The molecule has 0 amide bonds. The van der Waals surface area contributed by atoms with E-state index in [9.17, 15) is 8.42 Å². The number of sulfonamides is 1. The minimum absolute atomic E-state index is 0.0814. The van der Waals surface area contributed by atoms with Crippen LogP contribution in [0.5, 0.6) is 0 Å². The summed E-state index contributed by atoms with van der Waals surface area (Å²) in [6, 6.07) is 4.14. The lowest BCUT2D eigenvalue weighted by molar-refractivity contribution is 0.493. The fourth-order valence-electron chi connectivity index (χ4n) is 1.71. The lowest BCUT2D eigenvalue weighted by Crippen LogP contribution is -2.36. The van der Waals surface area contributed by atoms with Crippen LogP contribution in [0.1, 0.15) is 6.92 Å². The zero-order chi connectivity index (χ0) is 14.8. The molecule has 20 heavy (non-hydrogen) atoms. The maximum absolute atomic E-state index is 12.3. The summed E-state index contributed by atoms with van der Waals surface area (Å²) >= 11 is 11.8. The number of hydrogen-bond donors (Lipinski definition) is 1. The van der Waals surface area contributed by atoms with Crippen molar-refractivity contribution in [3.8, 4) is 0 Å². The molecule has 1 aromatic carbocycles. The molecular weight excluding hydrogens is 323 g/mol. The van der Waals surface area contributed by atoms with E-state index in [-0.39, 0.29) is 14.9 Å². The average Bonchev–Trinajstić information content (AvgIpc) is 2.79. The monoisotopic (exact) mass is 334 g/mol. The summed E-state index contributed by atoms with van der Waals surface area (Å²) in [5, 5.41) is 4.08. The van der Waals surface area contributed by atoms with E-state index in [2.05, 4.69) is 14.8 Å². The molecule has 0 radical (unpaired) electrons. The number of nitrogens with one attached hydrogen (secondary N) is 1. The summed E-state index contributed by atoms with van der Waals surface area (Å²) in [7, 11) is -3.80. The second-order valence-electron chi connectivity index (χ2n) is 4.19. The minimum atomic E-state index is -3.80. The fraction of sp³-hybridized carbons (Fsp3) is 0.273. The molecule has 1 N–H and O–H groups in total. The Balaban J connectivity index is 2.19. The summed E-state index contributed by atoms with van der Waals surface area (Å²) in [4.78, 5) is 3.67. The Labute approximate surface area is 126 Å². The summed E-state index contributed by atoms with van der Waals surface area (Å²) < 4.78 is 28.6. The van der Waals surface area contributed by atoms with Crippen LogP contribution in [0, 0.1) is 0 Å². The van der Waals surface area contributed by atoms with Gasteiger partial charge in [0.05, 0.1) is 16.6 Å². The first-order chi connectivity index (χ1) is 9.40. The molecule has 0 unspecified atom stereocenters. The van der Waals surface area contributed by atoms with Gasteiger partial charge < -0.3 is 0 Å². The lowest BCUT2D eigenvalue weighted by Gasteiger charge is -2.15. The number of benzene rings is 1. The number of nitrogens with zero attached hydrogens (tertiary/aromatic N) is 3. The van der Waals surface area contributed by atoms with Crippen LogP contribution < -0.4 is 4.72 Å². The van der Waals surface area contributed by atoms with Crippen molar-refractivity contribution in [2.24, 2.45) is 0 Å². The predicted octanol–water partition coefficient (Wildman–Crippen LogP) is 1.95. The average molecular weight is 335 g/mol. The van der Waals surface area contributed by atoms with Crippen LogP contribution in [0.15, 0.2) is 35.7 Å². The fourth-order valence-corrected chi connectivity index (χ4v) is 4.09. The first-order valence-electron chi connectivity index (χ1n) is 5.69. The zero-order valence-corrected chi connectivity index (χ0v) is 12.8. The Morgan fingerprint density at radius 3 is 2.55 bits per heavy atom. The highest BCUT2D eigenvalue weighted by Crippen LogP contribution is 2.28. The Hall–Kier alpha value is -1.15. The van der Waals surface area contributed by atoms with Gasteiger partial charge in [-0.3, -0.25) is 4.68 Å². The number of hydrogen-bond acceptors (Lipinski definition) is 4. The van der Waals surface area contributed by atoms with Crippen molar-refractivity contribution in [3.05, 3.63) is 40.9 Å². The van der Waals surface area contributed by atoms with Gasteiger partial charge in [-0.1, -0.05) is 29.3 Å². The third-order valence-corrected chi connectivity index (χ3v) is 5.02. The lowest BCUT2D eigenvalue weighted by atomic mass is 10.4. The van der Waals surface area contributed by atoms with Crippen molar-refractivity contribution in [1.82, 2.24) is 19.5 Å². The Bertz CT molecular complexity index is 668. The largest absolute Gasteiger partial charge is 0.251 e. The van der Waals surface area contributed by atoms with Gasteiger partial charge in [-0.2, -0.15) is 5.10 Å². The van der Waals surface area contributed by atoms with Gasteiger partial charge in [-0.05, 0) is 19.1 Å². The minimum Gasteiger partial charge on any atom is -0.251 e. The molecule has 0 spiro atoms. The molecule has 9 heteroatoms. The third-order valence-electron chi connectivity index (χ3n) is 2.47. The van der Waals surface area contributed by atoms with E-state index in [0.29, 0.717) is 6.54 Å². The quantitative estimate of drug-likeness (QED) is 0.906. The molecule has 6 nitrogen and oxygen atoms in total. The van der Waals surface area contributed by atoms with Crippen molar-refractivity contribution in [3.63, 3.8) is 0 Å². The molecule has 0 aliphatic carbocycles. The van der Waals surface area contributed by atoms with E-state index in [1.165, 1.54) is 29.5 Å². The highest BCUT2D eigenvalue weighted by atomic mass is 35.5. The maximum atomic E-state index is 12.3. The van der Waals surface area contributed by atoms with Gasteiger partial charge in [0.25, 0.3) is 0 Å². The van der Waals surface area contributed by atoms with Crippen molar-refractivity contribution in [2.45, 2.75) is 24.4 Å². The highest BCUT2D eigenvalue weighted by Gasteiger charge is 2.23. The molecule has 108 valence electrons. The smallest absolute Gasteiger partial charge is 0.243 e. The Kier molecular flexibility index (Phi) is 4.64. The molecule has 0 aliphatic rings. The van der Waals surface area contributed by atoms with E-state index in [1.54, 1.807) is 13.0 Å². The van der Waals surface area contributed by atoms with Crippen LogP contribution >= 0.6 is 23.2 Å². The van der Waals surface area contributed by atoms with Crippen molar-refractivity contribution >= 4 is 33.2 Å². The van der Waals surface area contributed by atoms with E-state index in [0.717, 1.165) is 0 Å². The van der Waals surface area contributed by atoms with E-state index in [1.807, 2.05) is 0 Å². The van der Waals surface area contributed by atoms with Gasteiger partial charge in [0.2, 0.25) is 10.0 Å². The molecular formula is C11H12Cl2N4O2S. The van der Waals surface area contributed by atoms with Crippen molar-refractivity contribution in [2.75, 3.05) is 0 Å². The zero-order valence-electron chi connectivity index (χ0n) is 10.5. The van der Waals surface area contributed by atoms with Crippen LogP contribution in [0.4, 0.5) is 0 Å². The van der Waals surface area contributed by atoms with E-state index < -0.39 is 16.1 Å². The molecule has 0 saturated heterocycles. The predicted molar refractivity (Wildman–Crippen MR) is 76.3 cm³/mol. The highest BCUT2D eigenvalue weighted by molar-refractivity contribution is 7.89. The first kappa shape index (κ1) is 15.2. The maximum Gasteiger partial charge on any atom is 0.243 e. The summed E-state index contributed by atoms with van der Waals surface area (Å²) in [6.45, 7) is 2.06. The number of halogens is 2. The standard InChI is InChI=1S/C11H12Cl2N4O2S/c1-8(5-17-7-14-6-15-17)16-20(18,19)11-9(12)3-2-4-10(11)13/h2-4,6-8,16H,5H2,1H3/t8-/m0/s1. The first-order valence-corrected chi connectivity index (χ1v) is 7.93. The molecule has 2 rings (SSSR count). The number of rotatable bonds is 5. The van der Waals surface area contributed by atoms with E-state index in [4.69, 9.17) is 23.2 Å². The summed E-state index contributed by atoms with van der Waals surface area (Å²) in [5.41, 5.74) is 0. The van der Waals surface area contributed by atoms with Gasteiger partial charge >= 0.3 is 0 Å². The molecule has 1 heterocycles. The molecule has 0 saturated carbocycles. The van der Waals surface area contributed by atoms with Crippen LogP contribution in [0.25, 0.3) is 0 Å². The topological polar surface area (TPSA) is 76.9 Å². The van der Waals surface area contributed by atoms with Gasteiger partial charge in [0.1, 0.15) is 17.6 Å². The van der Waals surface area contributed by atoms with Gasteiger partial charge in [0.15, 0.2) is 0 Å². The van der Waals surface area contributed by atoms with E-state index >= 15 is 0 Å². The van der Waals surface area contributed by atoms with Crippen molar-refractivity contribution < 1.29 is 8.42 Å². The summed E-state index contributed by atoms with van der Waals surface area (Å²) in [5.74, 6) is 0. The molecule has 0 bridgehead atoms. The number of aromatic nitrogens is 3. The SMILES string of the molecule is C[C@@H](Cn1cncn1)NS(=O)(=O)c1c(Cl)cccc1Cl. The van der Waals surface area contributed by atoms with Crippen LogP contribution in [-0.4, -0.2) is 29.2 Å². The van der Waals surface area contributed by atoms with Crippen LogP contribution in [-0.2, 0) is 16.6 Å². The molecule has 1 atom stereocenters. The van der Waals surface area contributed by atoms with Crippen LogP contribution in [0.3, 0.4) is 0 Å². The normalized spacial score (nSPS) is 13.3. The van der Waals surface area contributed by atoms with Gasteiger partial charge in [-0.25, -0.2) is 18.1 Å². The van der Waals surface area contributed by atoms with Gasteiger partial charge in [-0.15, -0.1) is 0 Å². The second kappa shape index (κ2) is 6.09. The van der Waals surface area contributed by atoms with Gasteiger partial charge in [0, 0.05) is 6.04 Å². The Morgan fingerprint density at radius 2 is 2.00 bits per heavy atom. The third kappa shape index (κ3) is 3.49.